The Morgan fingerprint density at radius 3 is 2.72 bits per heavy atom. The Kier molecular flexibility index (Phi) is 3.31. The predicted molar refractivity (Wildman–Crippen MR) is 76.3 cm³/mol. The van der Waals surface area contributed by atoms with E-state index in [-0.39, 0.29) is 5.78 Å². The van der Waals surface area contributed by atoms with Crippen LogP contribution in [0.2, 0.25) is 0 Å². The van der Waals surface area contributed by atoms with Gasteiger partial charge in [-0.1, -0.05) is 28.1 Å². The summed E-state index contributed by atoms with van der Waals surface area (Å²) in [6, 6.07) is 8.25. The van der Waals surface area contributed by atoms with E-state index in [2.05, 4.69) is 33.0 Å². The fourth-order valence-corrected chi connectivity index (χ4v) is 3.60. The van der Waals surface area contributed by atoms with Crippen LogP contribution in [-0.4, -0.2) is 10.8 Å². The van der Waals surface area contributed by atoms with Crippen LogP contribution in [0.5, 0.6) is 0 Å². The number of ketones is 1. The molecular weight excluding hydrogens is 310 g/mol. The highest BCUT2D eigenvalue weighted by molar-refractivity contribution is 9.10. The lowest BCUT2D eigenvalue weighted by Gasteiger charge is -2.06. The van der Waals surface area contributed by atoms with Gasteiger partial charge in [-0.3, -0.25) is 4.79 Å². The number of rotatable bonds is 2. The van der Waals surface area contributed by atoms with Gasteiger partial charge in [-0.2, -0.15) is 0 Å². The normalized spacial score (nSPS) is 14.6. The second-order valence-electron chi connectivity index (χ2n) is 4.46. The van der Waals surface area contributed by atoms with E-state index in [9.17, 15) is 4.79 Å². The first-order valence-electron chi connectivity index (χ1n) is 5.98. The van der Waals surface area contributed by atoms with Gasteiger partial charge in [-0.15, -0.1) is 11.3 Å². The predicted octanol–water partition coefficient (Wildman–Crippen LogP) is 4.02. The van der Waals surface area contributed by atoms with Gasteiger partial charge in [-0.25, -0.2) is 4.98 Å². The Bertz CT molecular complexity index is 588. The quantitative estimate of drug-likeness (QED) is 0.836. The van der Waals surface area contributed by atoms with E-state index in [1.54, 1.807) is 11.3 Å². The molecule has 0 atom stereocenters. The molecule has 0 aliphatic heterocycles. The minimum Gasteiger partial charge on any atom is -0.292 e. The van der Waals surface area contributed by atoms with Crippen LogP contribution in [-0.2, 0) is 12.8 Å². The van der Waals surface area contributed by atoms with Gasteiger partial charge in [0.05, 0.1) is 5.01 Å². The first-order chi connectivity index (χ1) is 8.72. The molecule has 1 aliphatic rings. The van der Waals surface area contributed by atoms with Crippen LogP contribution in [0, 0.1) is 0 Å². The Balaban J connectivity index is 1.85. The maximum atomic E-state index is 11.7. The highest BCUT2D eigenvalue weighted by atomic mass is 79.9. The first kappa shape index (κ1) is 12.1. The molecule has 2 nitrogen and oxygen atoms in total. The molecule has 0 saturated carbocycles. The van der Waals surface area contributed by atoms with Gasteiger partial charge in [0.2, 0.25) is 0 Å². The lowest BCUT2D eigenvalue weighted by Crippen LogP contribution is -2.08. The van der Waals surface area contributed by atoms with Crippen molar-refractivity contribution in [3.8, 4) is 0 Å². The summed E-state index contributed by atoms with van der Waals surface area (Å²) >= 11 is 5.12. The van der Waals surface area contributed by atoms with Crippen LogP contribution >= 0.6 is 27.3 Å². The fourth-order valence-electron chi connectivity index (χ4n) is 2.17. The lowest BCUT2D eigenvalue weighted by atomic mass is 10.0. The van der Waals surface area contributed by atoms with Crippen molar-refractivity contribution < 1.29 is 4.79 Å². The molecule has 0 radical (unpaired) electrons. The summed E-state index contributed by atoms with van der Waals surface area (Å²) in [6.07, 6.45) is 3.47. The van der Waals surface area contributed by atoms with Crippen molar-refractivity contribution in [3.05, 3.63) is 49.9 Å². The zero-order valence-corrected chi connectivity index (χ0v) is 12.2. The molecular formula is C14H12BrNOS. The van der Waals surface area contributed by atoms with Crippen molar-refractivity contribution in [2.24, 2.45) is 0 Å². The number of benzene rings is 1. The number of carbonyl (C=O) groups excluding carboxylic acids is 1. The maximum absolute atomic E-state index is 11.7. The molecule has 0 spiro atoms. The molecule has 92 valence electrons. The molecule has 3 rings (SSSR count). The van der Waals surface area contributed by atoms with Crippen LogP contribution in [0.1, 0.15) is 38.8 Å². The van der Waals surface area contributed by atoms with Crippen molar-refractivity contribution in [2.45, 2.75) is 25.7 Å². The Morgan fingerprint density at radius 1 is 1.22 bits per heavy atom. The summed E-state index contributed by atoms with van der Waals surface area (Å²) in [5, 5.41) is 1.05. The third-order valence-electron chi connectivity index (χ3n) is 3.08. The number of thiazole rings is 1. The van der Waals surface area contributed by atoms with Crippen LogP contribution in [0.4, 0.5) is 0 Å². The summed E-state index contributed by atoms with van der Waals surface area (Å²) in [5.74, 6) is 0.217. The molecule has 0 amide bonds. The molecule has 1 aliphatic carbocycles. The van der Waals surface area contributed by atoms with E-state index in [0.29, 0.717) is 6.42 Å². The minimum absolute atomic E-state index is 0.217. The number of aromatic nitrogens is 1. The molecule has 0 N–H and O–H groups in total. The Labute approximate surface area is 118 Å². The summed E-state index contributed by atoms with van der Waals surface area (Å²) in [5.41, 5.74) is 1.97. The number of hydrogen-bond acceptors (Lipinski definition) is 3. The van der Waals surface area contributed by atoms with Gasteiger partial charge in [0.15, 0.2) is 5.78 Å². The van der Waals surface area contributed by atoms with Crippen molar-refractivity contribution in [3.63, 3.8) is 0 Å². The van der Waals surface area contributed by atoms with Crippen molar-refractivity contribution in [1.82, 2.24) is 4.98 Å². The summed E-state index contributed by atoms with van der Waals surface area (Å²) < 4.78 is 1.08. The van der Waals surface area contributed by atoms with E-state index in [1.807, 2.05) is 12.1 Å². The number of aryl methyl sites for hydroxylation is 1. The number of hydrogen-bond donors (Lipinski definition) is 0. The molecule has 1 aromatic heterocycles. The molecule has 2 aromatic rings. The van der Waals surface area contributed by atoms with Crippen molar-refractivity contribution >= 4 is 33.0 Å². The zero-order chi connectivity index (χ0) is 12.5. The Hall–Kier alpha value is -1.00. The van der Waals surface area contributed by atoms with Gasteiger partial charge in [0.25, 0.3) is 0 Å². The molecule has 1 aromatic carbocycles. The SMILES string of the molecule is O=C1CCCc2sc(Cc3ccc(Br)cc3)nc21. The second-order valence-corrected chi connectivity index (χ2v) is 6.54. The molecule has 0 bridgehead atoms. The minimum atomic E-state index is 0.217. The third-order valence-corrected chi connectivity index (χ3v) is 4.73. The lowest BCUT2D eigenvalue weighted by molar-refractivity contribution is 0.0968. The van der Waals surface area contributed by atoms with E-state index >= 15 is 0 Å². The number of fused-ring (bicyclic) bond motifs is 1. The Morgan fingerprint density at radius 2 is 2.00 bits per heavy atom. The first-order valence-corrected chi connectivity index (χ1v) is 7.59. The van der Waals surface area contributed by atoms with E-state index in [1.165, 1.54) is 10.4 Å². The van der Waals surface area contributed by atoms with Gasteiger partial charge in [0.1, 0.15) is 5.69 Å². The molecule has 4 heteroatoms. The van der Waals surface area contributed by atoms with E-state index < -0.39 is 0 Å². The number of nitrogens with zero attached hydrogens (tertiary/aromatic N) is 1. The molecule has 1 heterocycles. The maximum Gasteiger partial charge on any atom is 0.182 e. The molecule has 0 fully saturated rings. The third kappa shape index (κ3) is 2.40. The topological polar surface area (TPSA) is 30.0 Å². The van der Waals surface area contributed by atoms with Crippen LogP contribution in [0.25, 0.3) is 0 Å². The number of Topliss-reactive ketones (excluding diaryl/α,β-unsaturated/α-hetero) is 1. The molecule has 0 saturated heterocycles. The van der Waals surface area contributed by atoms with Gasteiger partial charge in [0, 0.05) is 22.2 Å². The smallest absolute Gasteiger partial charge is 0.182 e. The standard InChI is InChI=1S/C14H12BrNOS/c15-10-6-4-9(5-7-10)8-13-16-14-11(17)2-1-3-12(14)18-13/h4-7H,1-3,8H2. The number of halogens is 1. The van der Waals surface area contributed by atoms with Crippen molar-refractivity contribution in [2.75, 3.05) is 0 Å². The van der Waals surface area contributed by atoms with Gasteiger partial charge >= 0.3 is 0 Å². The highest BCUT2D eigenvalue weighted by Crippen LogP contribution is 2.28. The van der Waals surface area contributed by atoms with Crippen LogP contribution in [0.3, 0.4) is 0 Å². The van der Waals surface area contributed by atoms with E-state index in [0.717, 1.165) is 34.4 Å². The number of carbonyl (C=O) groups is 1. The summed E-state index contributed by atoms with van der Waals surface area (Å²) in [6.45, 7) is 0. The average molecular weight is 322 g/mol. The fraction of sp³-hybridized carbons (Fsp3) is 0.286. The van der Waals surface area contributed by atoms with E-state index in [4.69, 9.17) is 0 Å². The van der Waals surface area contributed by atoms with Crippen molar-refractivity contribution in [1.29, 1.82) is 0 Å². The van der Waals surface area contributed by atoms with Crippen LogP contribution < -0.4 is 0 Å². The summed E-state index contributed by atoms with van der Waals surface area (Å²) in [7, 11) is 0. The average Bonchev–Trinajstić information content (AvgIpc) is 2.76. The molecule has 18 heavy (non-hydrogen) atoms. The van der Waals surface area contributed by atoms with Crippen LogP contribution in [0.15, 0.2) is 28.7 Å². The second kappa shape index (κ2) is 4.94. The van der Waals surface area contributed by atoms with Gasteiger partial charge in [-0.05, 0) is 30.5 Å². The van der Waals surface area contributed by atoms with Gasteiger partial charge < -0.3 is 0 Å². The monoisotopic (exact) mass is 321 g/mol. The zero-order valence-electron chi connectivity index (χ0n) is 9.78. The summed E-state index contributed by atoms with van der Waals surface area (Å²) in [4.78, 5) is 17.4. The molecule has 0 unspecified atom stereocenters. The highest BCUT2D eigenvalue weighted by Gasteiger charge is 2.21. The largest absolute Gasteiger partial charge is 0.292 e.